The van der Waals surface area contributed by atoms with Crippen LogP contribution in [0.25, 0.3) is 0 Å². The summed E-state index contributed by atoms with van der Waals surface area (Å²) in [4.78, 5) is 20.8. The molecule has 0 aliphatic rings. The largest absolute Gasteiger partial charge is 0.481 e. The molecule has 0 bridgehead atoms. The second-order valence-electron chi connectivity index (χ2n) is 3.79. The number of rotatable bonds is 6. The highest BCUT2D eigenvalue weighted by molar-refractivity contribution is 5.85. The van der Waals surface area contributed by atoms with Gasteiger partial charge in [0.25, 0.3) is 0 Å². The number of aliphatic carboxylic acids is 2. The maximum absolute atomic E-state index is 10.6. The van der Waals surface area contributed by atoms with E-state index in [0.717, 1.165) is 0 Å². The van der Waals surface area contributed by atoms with Crippen molar-refractivity contribution in [3.05, 3.63) is 0 Å². The van der Waals surface area contributed by atoms with E-state index >= 15 is 0 Å². The Morgan fingerprint density at radius 3 is 2.00 bits per heavy atom. The molecule has 0 aromatic carbocycles. The predicted octanol–water partition coefficient (Wildman–Crippen LogP) is 2.16. The zero-order chi connectivity index (χ0) is 10.5. The van der Waals surface area contributed by atoms with Crippen LogP contribution in [0.4, 0.5) is 0 Å². The van der Waals surface area contributed by atoms with E-state index in [0.29, 0.717) is 19.3 Å². The zero-order valence-corrected chi connectivity index (χ0v) is 9.26. The van der Waals surface area contributed by atoms with Crippen molar-refractivity contribution in [3.63, 3.8) is 0 Å². The summed E-state index contributed by atoms with van der Waals surface area (Å²) in [6, 6.07) is 0. The van der Waals surface area contributed by atoms with E-state index in [2.05, 4.69) is 0 Å². The summed E-state index contributed by atoms with van der Waals surface area (Å²) in [6.07, 6.45) is 1.84. The predicted molar refractivity (Wildman–Crippen MR) is 54.8 cm³/mol. The SMILES string of the molecule is CC(C)(CCCCC(=O)O)C(=O)O.Cl. The van der Waals surface area contributed by atoms with Gasteiger partial charge in [0, 0.05) is 6.42 Å². The Morgan fingerprint density at radius 1 is 1.14 bits per heavy atom. The van der Waals surface area contributed by atoms with Crippen molar-refractivity contribution in [3.8, 4) is 0 Å². The van der Waals surface area contributed by atoms with Crippen LogP contribution in [0.5, 0.6) is 0 Å². The fourth-order valence-corrected chi connectivity index (χ4v) is 0.950. The van der Waals surface area contributed by atoms with Crippen LogP contribution in [0, 0.1) is 5.41 Å². The van der Waals surface area contributed by atoms with Crippen LogP contribution in [0.1, 0.15) is 39.5 Å². The molecule has 4 nitrogen and oxygen atoms in total. The Kier molecular flexibility index (Phi) is 7.45. The Balaban J connectivity index is 0. The summed E-state index contributed by atoms with van der Waals surface area (Å²) < 4.78 is 0. The molecule has 0 amide bonds. The third-order valence-corrected chi connectivity index (χ3v) is 2.02. The van der Waals surface area contributed by atoms with Gasteiger partial charge in [-0.2, -0.15) is 0 Å². The highest BCUT2D eigenvalue weighted by atomic mass is 35.5. The van der Waals surface area contributed by atoms with Gasteiger partial charge in [-0.05, 0) is 26.7 Å². The van der Waals surface area contributed by atoms with Crippen LogP contribution >= 0.6 is 12.4 Å². The maximum atomic E-state index is 10.6. The van der Waals surface area contributed by atoms with E-state index in [1.807, 2.05) is 0 Å². The molecule has 2 N–H and O–H groups in total. The molecule has 0 saturated carbocycles. The van der Waals surface area contributed by atoms with Crippen LogP contribution in [0.3, 0.4) is 0 Å². The molecular formula is C9H17ClO4. The lowest BCUT2D eigenvalue weighted by Crippen LogP contribution is -2.23. The lowest BCUT2D eigenvalue weighted by atomic mass is 9.87. The van der Waals surface area contributed by atoms with Gasteiger partial charge < -0.3 is 10.2 Å². The molecule has 84 valence electrons. The van der Waals surface area contributed by atoms with Gasteiger partial charge in [-0.1, -0.05) is 6.42 Å². The second kappa shape index (κ2) is 6.65. The van der Waals surface area contributed by atoms with Gasteiger partial charge in [0.15, 0.2) is 0 Å². The molecule has 0 atom stereocenters. The van der Waals surface area contributed by atoms with Gasteiger partial charge in [-0.25, -0.2) is 0 Å². The van der Waals surface area contributed by atoms with Gasteiger partial charge >= 0.3 is 11.9 Å². The smallest absolute Gasteiger partial charge is 0.309 e. The third kappa shape index (κ3) is 6.71. The van der Waals surface area contributed by atoms with Crippen LogP contribution in [-0.2, 0) is 9.59 Å². The van der Waals surface area contributed by atoms with Crippen LogP contribution in [0.15, 0.2) is 0 Å². The number of carbonyl (C=O) groups is 2. The standard InChI is InChI=1S/C9H16O4.ClH/c1-9(2,8(12)13)6-4-3-5-7(10)11;/h3-6H2,1-2H3,(H,10,11)(H,12,13);1H. The quantitative estimate of drug-likeness (QED) is 0.678. The van der Waals surface area contributed by atoms with E-state index in [-0.39, 0.29) is 18.8 Å². The van der Waals surface area contributed by atoms with Crippen molar-refractivity contribution in [2.45, 2.75) is 39.5 Å². The van der Waals surface area contributed by atoms with Crippen molar-refractivity contribution in [1.82, 2.24) is 0 Å². The van der Waals surface area contributed by atoms with Crippen LogP contribution in [-0.4, -0.2) is 22.2 Å². The first-order chi connectivity index (χ1) is 5.86. The topological polar surface area (TPSA) is 74.6 Å². The van der Waals surface area contributed by atoms with E-state index in [4.69, 9.17) is 10.2 Å². The number of carboxylic acids is 2. The summed E-state index contributed by atoms with van der Waals surface area (Å²) in [7, 11) is 0. The van der Waals surface area contributed by atoms with Crippen LogP contribution < -0.4 is 0 Å². The molecule has 0 heterocycles. The van der Waals surface area contributed by atoms with Crippen molar-refractivity contribution < 1.29 is 19.8 Å². The maximum Gasteiger partial charge on any atom is 0.309 e. The lowest BCUT2D eigenvalue weighted by molar-refractivity contribution is -0.147. The lowest BCUT2D eigenvalue weighted by Gasteiger charge is -2.18. The fraction of sp³-hybridized carbons (Fsp3) is 0.778. The fourth-order valence-electron chi connectivity index (χ4n) is 0.950. The zero-order valence-electron chi connectivity index (χ0n) is 8.45. The molecule has 0 aromatic rings. The van der Waals surface area contributed by atoms with Gasteiger partial charge in [-0.15, -0.1) is 12.4 Å². The van der Waals surface area contributed by atoms with E-state index in [1.54, 1.807) is 13.8 Å². The van der Waals surface area contributed by atoms with Gasteiger partial charge in [0.2, 0.25) is 0 Å². The summed E-state index contributed by atoms with van der Waals surface area (Å²) in [6.45, 7) is 3.30. The molecule has 0 rings (SSSR count). The average molecular weight is 225 g/mol. The van der Waals surface area contributed by atoms with Gasteiger partial charge in [-0.3, -0.25) is 9.59 Å². The molecule has 0 aliphatic heterocycles. The Bertz CT molecular complexity index is 201. The third-order valence-electron chi connectivity index (χ3n) is 2.02. The molecule has 0 aliphatic carbocycles. The van der Waals surface area contributed by atoms with Gasteiger partial charge in [0.1, 0.15) is 0 Å². The molecular weight excluding hydrogens is 208 g/mol. The van der Waals surface area contributed by atoms with E-state index < -0.39 is 17.4 Å². The Hall–Kier alpha value is -0.770. The summed E-state index contributed by atoms with van der Waals surface area (Å²) >= 11 is 0. The minimum absolute atomic E-state index is 0. The van der Waals surface area contributed by atoms with E-state index in [1.165, 1.54) is 0 Å². The highest BCUT2D eigenvalue weighted by Crippen LogP contribution is 2.23. The molecule has 0 radical (unpaired) electrons. The highest BCUT2D eigenvalue weighted by Gasteiger charge is 2.25. The molecule has 0 aromatic heterocycles. The summed E-state index contributed by atoms with van der Waals surface area (Å²) in [5.74, 6) is -1.66. The van der Waals surface area contributed by atoms with Gasteiger partial charge in [0.05, 0.1) is 5.41 Å². The Labute approximate surface area is 89.7 Å². The second-order valence-corrected chi connectivity index (χ2v) is 3.79. The van der Waals surface area contributed by atoms with Crippen molar-refractivity contribution in [2.75, 3.05) is 0 Å². The number of carboxylic acid groups (broad SMARTS) is 2. The minimum Gasteiger partial charge on any atom is -0.481 e. The first-order valence-electron chi connectivity index (χ1n) is 4.31. The first-order valence-corrected chi connectivity index (χ1v) is 4.31. The number of unbranched alkanes of at least 4 members (excludes halogenated alkanes) is 1. The monoisotopic (exact) mass is 224 g/mol. The van der Waals surface area contributed by atoms with Crippen LogP contribution in [0.2, 0.25) is 0 Å². The first kappa shape index (κ1) is 15.7. The molecule has 0 saturated heterocycles. The molecule has 5 heteroatoms. The normalized spacial score (nSPS) is 10.4. The number of hydrogen-bond acceptors (Lipinski definition) is 2. The Morgan fingerprint density at radius 2 is 1.64 bits per heavy atom. The minimum atomic E-state index is -0.831. The van der Waals surface area contributed by atoms with Crippen molar-refractivity contribution in [1.29, 1.82) is 0 Å². The summed E-state index contributed by atoms with van der Waals surface area (Å²) in [5.41, 5.74) is -0.738. The molecule has 0 unspecified atom stereocenters. The van der Waals surface area contributed by atoms with E-state index in [9.17, 15) is 9.59 Å². The van der Waals surface area contributed by atoms with Crippen molar-refractivity contribution in [2.24, 2.45) is 5.41 Å². The van der Waals surface area contributed by atoms with Crippen molar-refractivity contribution >= 4 is 24.3 Å². The number of hydrogen-bond donors (Lipinski definition) is 2. The molecule has 0 spiro atoms. The molecule has 14 heavy (non-hydrogen) atoms. The summed E-state index contributed by atoms with van der Waals surface area (Å²) in [5, 5.41) is 17.1. The molecule has 0 fully saturated rings. The average Bonchev–Trinajstić information content (AvgIpc) is 1.97. The number of halogens is 1.